The van der Waals surface area contributed by atoms with Crippen molar-refractivity contribution >= 4 is 39.0 Å². The third kappa shape index (κ3) is 4.83. The van der Waals surface area contributed by atoms with E-state index in [0.29, 0.717) is 30.6 Å². The fraction of sp³-hybridized carbons (Fsp3) is 0.333. The van der Waals surface area contributed by atoms with E-state index in [2.05, 4.69) is 5.32 Å². The zero-order chi connectivity index (χ0) is 21.9. The highest BCUT2D eigenvalue weighted by Crippen LogP contribution is 2.32. The second-order valence-corrected chi connectivity index (χ2v) is 9.47. The van der Waals surface area contributed by atoms with Crippen molar-refractivity contribution in [2.45, 2.75) is 24.7 Å². The molecule has 0 spiro atoms. The predicted molar refractivity (Wildman–Crippen MR) is 115 cm³/mol. The molecular weight excluding hydrogens is 428 g/mol. The number of anilines is 1. The molecular formula is C21H23ClN2O5S. The summed E-state index contributed by atoms with van der Waals surface area (Å²) in [5, 5.41) is 3.08. The number of piperidine rings is 1. The number of methoxy groups -OCH3 is 1. The number of ketones is 1. The lowest BCUT2D eigenvalue weighted by Gasteiger charge is -2.31. The minimum atomic E-state index is -3.89. The maximum absolute atomic E-state index is 13.2. The summed E-state index contributed by atoms with van der Waals surface area (Å²) in [5.41, 5.74) is 0.998. The van der Waals surface area contributed by atoms with Crippen LogP contribution in [0.4, 0.5) is 5.69 Å². The number of hydrogen-bond acceptors (Lipinski definition) is 5. The summed E-state index contributed by atoms with van der Waals surface area (Å²) in [6.07, 6.45) is 1.12. The van der Waals surface area contributed by atoms with Crippen LogP contribution in [0.1, 0.15) is 30.1 Å². The molecule has 2 aromatic carbocycles. The van der Waals surface area contributed by atoms with E-state index in [4.69, 9.17) is 16.3 Å². The van der Waals surface area contributed by atoms with Gasteiger partial charge in [0.05, 0.1) is 13.0 Å². The molecule has 30 heavy (non-hydrogen) atoms. The molecule has 7 nitrogen and oxygen atoms in total. The van der Waals surface area contributed by atoms with Crippen LogP contribution in [0, 0.1) is 5.92 Å². The molecule has 1 N–H and O–H groups in total. The molecule has 9 heteroatoms. The Morgan fingerprint density at radius 3 is 2.67 bits per heavy atom. The van der Waals surface area contributed by atoms with E-state index >= 15 is 0 Å². The van der Waals surface area contributed by atoms with Gasteiger partial charge < -0.3 is 10.1 Å². The Kier molecular flexibility index (Phi) is 6.80. The van der Waals surface area contributed by atoms with Crippen molar-refractivity contribution in [1.29, 1.82) is 0 Å². The number of halogens is 1. The van der Waals surface area contributed by atoms with Crippen molar-refractivity contribution in [2.75, 3.05) is 25.5 Å². The number of nitrogens with one attached hydrogen (secondary N) is 1. The molecule has 0 saturated carbocycles. The van der Waals surface area contributed by atoms with Crippen molar-refractivity contribution in [2.24, 2.45) is 5.92 Å². The van der Waals surface area contributed by atoms with Gasteiger partial charge in [0, 0.05) is 29.4 Å². The van der Waals surface area contributed by atoms with Crippen molar-refractivity contribution in [1.82, 2.24) is 4.31 Å². The Morgan fingerprint density at radius 1 is 1.20 bits per heavy atom. The fourth-order valence-electron chi connectivity index (χ4n) is 3.43. The predicted octanol–water partition coefficient (Wildman–Crippen LogP) is 3.59. The van der Waals surface area contributed by atoms with Crippen LogP contribution in [0.15, 0.2) is 47.4 Å². The zero-order valence-electron chi connectivity index (χ0n) is 16.7. The summed E-state index contributed by atoms with van der Waals surface area (Å²) in [6, 6.07) is 11.1. The van der Waals surface area contributed by atoms with Crippen molar-refractivity contribution in [3.8, 4) is 5.75 Å². The van der Waals surface area contributed by atoms with Crippen LogP contribution in [-0.4, -0.2) is 44.6 Å². The number of carbonyl (C=O) groups is 2. The van der Waals surface area contributed by atoms with Crippen LogP contribution in [0.3, 0.4) is 0 Å². The first-order valence-corrected chi connectivity index (χ1v) is 11.3. The van der Waals surface area contributed by atoms with Gasteiger partial charge in [0.15, 0.2) is 5.78 Å². The second kappa shape index (κ2) is 9.16. The normalized spacial score (nSPS) is 17.4. The Morgan fingerprint density at radius 2 is 1.97 bits per heavy atom. The number of Topliss-reactive ketones (excluding diaryl/α,β-unsaturated/α-hetero) is 1. The molecule has 0 unspecified atom stereocenters. The smallest absolute Gasteiger partial charge is 0.246 e. The number of rotatable bonds is 6. The molecule has 0 aromatic heterocycles. The molecule has 0 bridgehead atoms. The molecule has 1 fully saturated rings. The minimum absolute atomic E-state index is 0.0206. The molecule has 1 amide bonds. The quantitative estimate of drug-likeness (QED) is 0.679. The lowest BCUT2D eigenvalue weighted by atomic mass is 9.98. The maximum atomic E-state index is 13.2. The molecule has 1 heterocycles. The number of benzene rings is 2. The third-order valence-corrected chi connectivity index (χ3v) is 7.16. The number of carbonyl (C=O) groups excluding carboxylic acids is 2. The van der Waals surface area contributed by atoms with Crippen molar-refractivity contribution in [3.05, 3.63) is 53.1 Å². The average Bonchev–Trinajstić information content (AvgIpc) is 2.74. The summed E-state index contributed by atoms with van der Waals surface area (Å²) in [5.74, 6) is -0.697. The van der Waals surface area contributed by atoms with Gasteiger partial charge in [-0.25, -0.2) is 8.42 Å². The van der Waals surface area contributed by atoms with Crippen LogP contribution in [0.5, 0.6) is 5.75 Å². The van der Waals surface area contributed by atoms with Crippen molar-refractivity contribution in [3.63, 3.8) is 0 Å². The lowest BCUT2D eigenvalue weighted by Crippen LogP contribution is -2.43. The first kappa shape index (κ1) is 22.3. The van der Waals surface area contributed by atoms with Gasteiger partial charge >= 0.3 is 0 Å². The number of ether oxygens (including phenoxy) is 1. The van der Waals surface area contributed by atoms with E-state index in [1.54, 1.807) is 30.3 Å². The number of hydrogen-bond donors (Lipinski definition) is 1. The first-order valence-electron chi connectivity index (χ1n) is 9.48. The Bertz CT molecular complexity index is 1070. The average molecular weight is 451 g/mol. The Labute approximate surface area is 181 Å². The highest BCUT2D eigenvalue weighted by Gasteiger charge is 2.35. The first-order chi connectivity index (χ1) is 14.2. The molecule has 3 rings (SSSR count). The van der Waals surface area contributed by atoms with Gasteiger partial charge in [0.2, 0.25) is 15.9 Å². The zero-order valence-corrected chi connectivity index (χ0v) is 18.3. The summed E-state index contributed by atoms with van der Waals surface area (Å²) >= 11 is 6.00. The van der Waals surface area contributed by atoms with Gasteiger partial charge in [-0.05, 0) is 50.1 Å². The monoisotopic (exact) mass is 450 g/mol. The van der Waals surface area contributed by atoms with Gasteiger partial charge in [0.25, 0.3) is 0 Å². The number of nitrogens with zero attached hydrogens (tertiary/aromatic N) is 1. The summed E-state index contributed by atoms with van der Waals surface area (Å²) in [4.78, 5) is 24.3. The Hall–Kier alpha value is -2.42. The van der Waals surface area contributed by atoms with Crippen LogP contribution in [0.25, 0.3) is 0 Å². The standard InChI is InChI=1S/C21H23ClN2O5S/c1-14(25)15-5-3-7-18(11-15)23-21(26)16-6-4-10-24(13-16)30(27,28)20-12-17(22)8-9-19(20)29-2/h3,5,7-9,11-12,16H,4,6,10,13H2,1-2H3,(H,23,26)/t16-/m0/s1. The topological polar surface area (TPSA) is 92.8 Å². The van der Waals surface area contributed by atoms with Crippen LogP contribution in [0.2, 0.25) is 5.02 Å². The van der Waals surface area contributed by atoms with E-state index in [9.17, 15) is 18.0 Å². The summed E-state index contributed by atoms with van der Waals surface area (Å²) in [7, 11) is -2.49. The van der Waals surface area contributed by atoms with Gasteiger partial charge in [-0.1, -0.05) is 23.7 Å². The highest BCUT2D eigenvalue weighted by atomic mass is 35.5. The Balaban J connectivity index is 1.78. The molecule has 2 aromatic rings. The number of amides is 1. The highest BCUT2D eigenvalue weighted by molar-refractivity contribution is 7.89. The maximum Gasteiger partial charge on any atom is 0.246 e. The van der Waals surface area contributed by atoms with Gasteiger partial charge in [-0.15, -0.1) is 0 Å². The fourth-order valence-corrected chi connectivity index (χ4v) is 5.37. The van der Waals surface area contributed by atoms with Crippen molar-refractivity contribution < 1.29 is 22.7 Å². The van der Waals surface area contributed by atoms with Gasteiger partial charge in [-0.3, -0.25) is 9.59 Å². The van der Waals surface area contributed by atoms with Crippen LogP contribution >= 0.6 is 11.6 Å². The molecule has 160 valence electrons. The van der Waals surface area contributed by atoms with Crippen LogP contribution < -0.4 is 10.1 Å². The SMILES string of the molecule is COc1ccc(Cl)cc1S(=O)(=O)N1CCC[C@H](C(=O)Nc2cccc(C(C)=O)c2)C1. The molecule has 0 aliphatic carbocycles. The van der Waals surface area contributed by atoms with Gasteiger partial charge in [0.1, 0.15) is 10.6 Å². The minimum Gasteiger partial charge on any atom is -0.495 e. The molecule has 0 radical (unpaired) electrons. The third-order valence-electron chi connectivity index (χ3n) is 5.04. The summed E-state index contributed by atoms with van der Waals surface area (Å²) < 4.78 is 32.8. The molecule has 1 atom stereocenters. The van der Waals surface area contributed by atoms with E-state index in [-0.39, 0.29) is 33.9 Å². The molecule has 1 aliphatic rings. The van der Waals surface area contributed by atoms with E-state index < -0.39 is 15.9 Å². The van der Waals surface area contributed by atoms with E-state index in [1.165, 1.54) is 30.5 Å². The second-order valence-electron chi connectivity index (χ2n) is 7.12. The lowest BCUT2D eigenvalue weighted by molar-refractivity contribution is -0.120. The largest absolute Gasteiger partial charge is 0.495 e. The number of sulfonamides is 1. The molecule has 1 aliphatic heterocycles. The van der Waals surface area contributed by atoms with E-state index in [0.717, 1.165) is 0 Å². The summed E-state index contributed by atoms with van der Waals surface area (Å²) in [6.45, 7) is 1.81. The van der Waals surface area contributed by atoms with Gasteiger partial charge in [-0.2, -0.15) is 4.31 Å². The van der Waals surface area contributed by atoms with E-state index in [1.807, 2.05) is 0 Å². The molecule has 1 saturated heterocycles. The van der Waals surface area contributed by atoms with Crippen LogP contribution in [-0.2, 0) is 14.8 Å².